The number of hydrogen-bond acceptors (Lipinski definition) is 5. The molecule has 1 aliphatic heterocycles. The van der Waals surface area contributed by atoms with Crippen molar-refractivity contribution < 1.29 is 24.2 Å². The van der Waals surface area contributed by atoms with Crippen molar-refractivity contribution in [2.45, 2.75) is 31.5 Å². The second-order valence-corrected chi connectivity index (χ2v) is 8.93. The van der Waals surface area contributed by atoms with E-state index in [2.05, 4.69) is 20.9 Å². The lowest BCUT2D eigenvalue weighted by Gasteiger charge is -2.48. The Kier molecular flexibility index (Phi) is 5.79. The molecule has 0 bridgehead atoms. The Labute approximate surface area is 183 Å². The molecule has 7 nitrogen and oxygen atoms in total. The van der Waals surface area contributed by atoms with Gasteiger partial charge in [0.25, 0.3) is 0 Å². The zero-order valence-electron chi connectivity index (χ0n) is 16.4. The second-order valence-electron chi connectivity index (χ2n) is 8.12. The lowest BCUT2D eigenvalue weighted by molar-refractivity contribution is -0.151. The molecule has 158 valence electrons. The van der Waals surface area contributed by atoms with Crippen molar-refractivity contribution in [1.82, 2.24) is 9.88 Å². The van der Waals surface area contributed by atoms with Crippen molar-refractivity contribution in [2.24, 2.45) is 5.41 Å². The molecule has 2 aromatic rings. The van der Waals surface area contributed by atoms with Crippen LogP contribution in [0.1, 0.15) is 30.4 Å². The third-order valence-corrected chi connectivity index (χ3v) is 6.43. The molecule has 4 rings (SSSR count). The van der Waals surface area contributed by atoms with E-state index in [1.165, 1.54) is 0 Å². The standard InChI is InChI=1S/C22H23BrN2O5/c23-18-7-6-17(10-24-18)22(30-12-19(26)27)9-8-21(13-22)14-25(15-21)20(28)29-11-16-4-2-1-3-5-16/h1-7,10H,8-9,11-15H2,(H,26,27). The molecule has 0 radical (unpaired) electrons. The van der Waals surface area contributed by atoms with Crippen molar-refractivity contribution in [1.29, 1.82) is 0 Å². The van der Waals surface area contributed by atoms with Crippen LogP contribution in [0.5, 0.6) is 0 Å². The average molecular weight is 475 g/mol. The number of likely N-dealkylation sites (tertiary alicyclic amines) is 1. The predicted molar refractivity (Wildman–Crippen MR) is 112 cm³/mol. The van der Waals surface area contributed by atoms with E-state index < -0.39 is 11.6 Å². The van der Waals surface area contributed by atoms with E-state index in [1.54, 1.807) is 11.1 Å². The quantitative estimate of drug-likeness (QED) is 0.637. The van der Waals surface area contributed by atoms with E-state index in [4.69, 9.17) is 14.6 Å². The van der Waals surface area contributed by atoms with Crippen LogP contribution in [0.2, 0.25) is 0 Å². The number of hydrogen-bond donors (Lipinski definition) is 1. The number of nitrogens with zero attached hydrogens (tertiary/aromatic N) is 2. The lowest BCUT2D eigenvalue weighted by Crippen LogP contribution is -2.58. The number of amides is 1. The first-order valence-corrected chi connectivity index (χ1v) is 10.6. The van der Waals surface area contributed by atoms with Gasteiger partial charge in [-0.05, 0) is 46.8 Å². The van der Waals surface area contributed by atoms with Gasteiger partial charge in [0.2, 0.25) is 0 Å². The molecule has 2 aliphatic rings. The van der Waals surface area contributed by atoms with Gasteiger partial charge < -0.3 is 19.5 Å². The summed E-state index contributed by atoms with van der Waals surface area (Å²) in [5.74, 6) is -1.000. The second kappa shape index (κ2) is 8.35. The zero-order valence-corrected chi connectivity index (χ0v) is 18.0. The number of benzene rings is 1. The van der Waals surface area contributed by atoms with Crippen LogP contribution in [0, 0.1) is 5.41 Å². The van der Waals surface area contributed by atoms with Crippen LogP contribution < -0.4 is 0 Å². The molecule has 1 saturated carbocycles. The van der Waals surface area contributed by atoms with Crippen LogP contribution in [0.15, 0.2) is 53.3 Å². The highest BCUT2D eigenvalue weighted by molar-refractivity contribution is 9.10. The van der Waals surface area contributed by atoms with Gasteiger partial charge in [-0.15, -0.1) is 0 Å². The molecule has 1 unspecified atom stereocenters. The number of carbonyl (C=O) groups excluding carboxylic acids is 1. The third-order valence-electron chi connectivity index (χ3n) is 5.96. The van der Waals surface area contributed by atoms with E-state index in [0.29, 0.717) is 30.5 Å². The number of carboxylic acids is 1. The summed E-state index contributed by atoms with van der Waals surface area (Å²) in [7, 11) is 0. The minimum atomic E-state index is -1.000. The number of rotatable bonds is 6. The summed E-state index contributed by atoms with van der Waals surface area (Å²) in [5, 5.41) is 9.13. The van der Waals surface area contributed by atoms with Crippen LogP contribution in [0.25, 0.3) is 0 Å². The van der Waals surface area contributed by atoms with Crippen molar-refractivity contribution in [2.75, 3.05) is 19.7 Å². The summed E-state index contributed by atoms with van der Waals surface area (Å²) in [6.45, 7) is 1.06. The monoisotopic (exact) mass is 474 g/mol. The van der Waals surface area contributed by atoms with Crippen molar-refractivity contribution in [3.63, 3.8) is 0 Å². The molecule has 1 spiro atoms. The maximum absolute atomic E-state index is 12.4. The van der Waals surface area contributed by atoms with Crippen LogP contribution in [0.4, 0.5) is 4.79 Å². The van der Waals surface area contributed by atoms with Gasteiger partial charge in [0, 0.05) is 30.3 Å². The van der Waals surface area contributed by atoms with E-state index in [1.807, 2.05) is 42.5 Å². The fourth-order valence-corrected chi connectivity index (χ4v) is 4.76. The van der Waals surface area contributed by atoms with Gasteiger partial charge in [-0.3, -0.25) is 0 Å². The molecule has 2 heterocycles. The van der Waals surface area contributed by atoms with E-state index >= 15 is 0 Å². The molecule has 1 saturated heterocycles. The first-order chi connectivity index (χ1) is 14.4. The first-order valence-electron chi connectivity index (χ1n) is 9.83. The summed E-state index contributed by atoms with van der Waals surface area (Å²) in [5.41, 5.74) is 1.03. The van der Waals surface area contributed by atoms with Gasteiger partial charge in [0.15, 0.2) is 0 Å². The minimum Gasteiger partial charge on any atom is -0.480 e. The van der Waals surface area contributed by atoms with Gasteiger partial charge >= 0.3 is 12.1 Å². The maximum atomic E-state index is 12.4. The molecule has 1 aromatic heterocycles. The van der Waals surface area contributed by atoms with Gasteiger partial charge in [-0.2, -0.15) is 0 Å². The number of carboxylic acid groups (broad SMARTS) is 1. The third kappa shape index (κ3) is 4.34. The first kappa shape index (κ1) is 20.8. The Morgan fingerprint density at radius 2 is 1.90 bits per heavy atom. The Morgan fingerprint density at radius 3 is 2.57 bits per heavy atom. The number of aliphatic carboxylic acids is 1. The highest BCUT2D eigenvalue weighted by atomic mass is 79.9. The highest BCUT2D eigenvalue weighted by Gasteiger charge is 2.57. The zero-order chi connectivity index (χ0) is 21.2. The number of ether oxygens (including phenoxy) is 2. The molecule has 2 fully saturated rings. The van der Waals surface area contributed by atoms with E-state index in [0.717, 1.165) is 17.5 Å². The predicted octanol–water partition coefficient (Wildman–Crippen LogP) is 3.96. The van der Waals surface area contributed by atoms with Crippen molar-refractivity contribution in [3.05, 3.63) is 64.4 Å². The molecule has 8 heteroatoms. The van der Waals surface area contributed by atoms with E-state index in [9.17, 15) is 9.59 Å². The fraction of sp³-hybridized carbons (Fsp3) is 0.409. The Morgan fingerprint density at radius 1 is 1.13 bits per heavy atom. The SMILES string of the molecule is O=C(O)COC1(c2ccc(Br)nc2)CCC2(CN(C(=O)OCc3ccccc3)C2)C1. The molecule has 30 heavy (non-hydrogen) atoms. The summed E-state index contributed by atoms with van der Waals surface area (Å²) < 4.78 is 12.1. The summed E-state index contributed by atoms with van der Waals surface area (Å²) >= 11 is 3.33. The lowest BCUT2D eigenvalue weighted by atomic mass is 9.76. The fourth-order valence-electron chi connectivity index (χ4n) is 4.52. The Bertz CT molecular complexity index is 915. The average Bonchev–Trinajstić information content (AvgIpc) is 3.12. The summed E-state index contributed by atoms with van der Waals surface area (Å²) in [6.07, 6.45) is 3.61. The van der Waals surface area contributed by atoms with Crippen molar-refractivity contribution in [3.8, 4) is 0 Å². The van der Waals surface area contributed by atoms with Crippen LogP contribution in [-0.4, -0.2) is 46.7 Å². The molecular weight excluding hydrogens is 452 g/mol. The van der Waals surface area contributed by atoms with Gasteiger partial charge in [0.1, 0.15) is 17.8 Å². The maximum Gasteiger partial charge on any atom is 0.410 e. The number of carbonyl (C=O) groups is 2. The number of pyridine rings is 1. The topological polar surface area (TPSA) is 89.0 Å². The highest BCUT2D eigenvalue weighted by Crippen LogP contribution is 2.55. The Balaban J connectivity index is 1.39. The molecule has 1 atom stereocenters. The molecule has 1 amide bonds. The van der Waals surface area contributed by atoms with Gasteiger partial charge in [0.05, 0.1) is 5.60 Å². The number of halogens is 1. The van der Waals surface area contributed by atoms with E-state index in [-0.39, 0.29) is 24.7 Å². The summed E-state index contributed by atoms with van der Waals surface area (Å²) in [4.78, 5) is 29.5. The molecular formula is C22H23BrN2O5. The number of aromatic nitrogens is 1. The normalized spacial score (nSPS) is 22.0. The minimum absolute atomic E-state index is 0.0860. The smallest absolute Gasteiger partial charge is 0.410 e. The summed E-state index contributed by atoms with van der Waals surface area (Å²) in [6, 6.07) is 13.3. The largest absolute Gasteiger partial charge is 0.480 e. The van der Waals surface area contributed by atoms with Gasteiger partial charge in [-0.1, -0.05) is 36.4 Å². The molecule has 1 aromatic carbocycles. The van der Waals surface area contributed by atoms with Crippen LogP contribution in [-0.2, 0) is 26.5 Å². The Hall–Kier alpha value is -2.45. The molecule has 1 aliphatic carbocycles. The molecule has 1 N–H and O–H groups in total. The van der Waals surface area contributed by atoms with Crippen molar-refractivity contribution >= 4 is 28.0 Å². The van der Waals surface area contributed by atoms with Gasteiger partial charge in [-0.25, -0.2) is 14.6 Å². The van der Waals surface area contributed by atoms with Crippen LogP contribution in [0.3, 0.4) is 0 Å². The van der Waals surface area contributed by atoms with Crippen LogP contribution >= 0.6 is 15.9 Å².